The summed E-state index contributed by atoms with van der Waals surface area (Å²) in [6.45, 7) is 4.41. The third kappa shape index (κ3) is 4.33. The molecule has 0 aliphatic carbocycles. The molecule has 6 nitrogen and oxygen atoms in total. The van der Waals surface area contributed by atoms with Crippen LogP contribution in [0.1, 0.15) is 18.1 Å². The van der Waals surface area contributed by atoms with Crippen LogP contribution >= 0.6 is 0 Å². The molecule has 0 aromatic heterocycles. The van der Waals surface area contributed by atoms with Gasteiger partial charge in [0.05, 0.1) is 18.1 Å². The van der Waals surface area contributed by atoms with Crippen molar-refractivity contribution >= 4 is 27.7 Å². The Bertz CT molecular complexity index is 1040. The van der Waals surface area contributed by atoms with E-state index in [-0.39, 0.29) is 10.8 Å². The molecule has 2 aliphatic rings. The van der Waals surface area contributed by atoms with Crippen LogP contribution in [0.2, 0.25) is 0 Å². The van der Waals surface area contributed by atoms with Gasteiger partial charge in [-0.15, -0.1) is 0 Å². The van der Waals surface area contributed by atoms with Gasteiger partial charge in [-0.25, -0.2) is 8.42 Å². The monoisotopic (exact) mass is 426 g/mol. The molecular formula is C23H26N2O4S. The van der Waals surface area contributed by atoms with Crippen LogP contribution in [0.3, 0.4) is 0 Å². The summed E-state index contributed by atoms with van der Waals surface area (Å²) in [5.41, 5.74) is 2.94. The van der Waals surface area contributed by atoms with Crippen LogP contribution in [-0.2, 0) is 26.0 Å². The maximum Gasteiger partial charge on any atom is 0.251 e. The molecule has 1 amide bonds. The van der Waals surface area contributed by atoms with Crippen molar-refractivity contribution in [3.05, 3.63) is 65.7 Å². The number of carbonyl (C=O) groups is 1. The third-order valence-electron chi connectivity index (χ3n) is 5.52. The maximum absolute atomic E-state index is 12.8. The van der Waals surface area contributed by atoms with E-state index in [2.05, 4.69) is 13.0 Å². The van der Waals surface area contributed by atoms with E-state index in [0.717, 1.165) is 17.7 Å². The number of sulfonamides is 1. The van der Waals surface area contributed by atoms with Crippen molar-refractivity contribution in [2.75, 3.05) is 37.7 Å². The number of hydrogen-bond donors (Lipinski definition) is 0. The lowest BCUT2D eigenvalue weighted by Gasteiger charge is -2.32. The van der Waals surface area contributed by atoms with E-state index < -0.39 is 10.0 Å². The van der Waals surface area contributed by atoms with Gasteiger partial charge in [0.2, 0.25) is 10.0 Å². The van der Waals surface area contributed by atoms with E-state index in [0.29, 0.717) is 38.8 Å². The summed E-state index contributed by atoms with van der Waals surface area (Å²) in [6, 6.07) is 14.6. The Morgan fingerprint density at radius 3 is 2.50 bits per heavy atom. The highest BCUT2D eigenvalue weighted by Crippen LogP contribution is 2.29. The van der Waals surface area contributed by atoms with Crippen molar-refractivity contribution < 1.29 is 17.9 Å². The Balaban J connectivity index is 1.48. The molecule has 4 rings (SSSR count). The summed E-state index contributed by atoms with van der Waals surface area (Å²) in [5.74, 6) is 0.334. The number of para-hydroxylation sites is 1. The van der Waals surface area contributed by atoms with Crippen molar-refractivity contribution in [1.29, 1.82) is 0 Å². The molecule has 2 heterocycles. The van der Waals surface area contributed by atoms with Gasteiger partial charge in [0.1, 0.15) is 0 Å². The minimum Gasteiger partial charge on any atom is -0.379 e. The number of carbonyl (C=O) groups excluding carboxylic acids is 1. The first kappa shape index (κ1) is 20.8. The van der Waals surface area contributed by atoms with Crippen LogP contribution in [0, 0.1) is 5.92 Å². The van der Waals surface area contributed by atoms with Crippen molar-refractivity contribution in [3.63, 3.8) is 0 Å². The molecule has 7 heteroatoms. The van der Waals surface area contributed by atoms with Crippen LogP contribution in [0.25, 0.3) is 6.08 Å². The smallest absolute Gasteiger partial charge is 0.251 e. The average Bonchev–Trinajstić information content (AvgIpc) is 2.77. The van der Waals surface area contributed by atoms with E-state index in [4.69, 9.17) is 4.74 Å². The normalized spacial score (nSPS) is 20.3. The molecule has 1 fully saturated rings. The Morgan fingerprint density at radius 1 is 1.07 bits per heavy atom. The molecule has 2 aliphatic heterocycles. The second-order valence-electron chi connectivity index (χ2n) is 7.81. The van der Waals surface area contributed by atoms with Crippen molar-refractivity contribution in [3.8, 4) is 0 Å². The fourth-order valence-electron chi connectivity index (χ4n) is 3.95. The number of nitrogens with zero attached hydrogens (tertiary/aromatic N) is 2. The Hall–Kier alpha value is -2.48. The van der Waals surface area contributed by atoms with Gasteiger partial charge in [-0.3, -0.25) is 4.79 Å². The zero-order chi connectivity index (χ0) is 21.1. The second-order valence-corrected chi connectivity index (χ2v) is 9.74. The maximum atomic E-state index is 12.8. The molecule has 0 N–H and O–H groups in total. The van der Waals surface area contributed by atoms with E-state index >= 15 is 0 Å². The van der Waals surface area contributed by atoms with Crippen molar-refractivity contribution in [1.82, 2.24) is 4.31 Å². The summed E-state index contributed by atoms with van der Waals surface area (Å²) in [5, 5.41) is 0. The highest BCUT2D eigenvalue weighted by molar-refractivity contribution is 7.89. The van der Waals surface area contributed by atoms with E-state index in [1.807, 2.05) is 23.1 Å². The molecule has 30 heavy (non-hydrogen) atoms. The minimum absolute atomic E-state index is 0.0704. The first-order valence-corrected chi connectivity index (χ1v) is 11.6. The fourth-order valence-corrected chi connectivity index (χ4v) is 5.36. The number of benzene rings is 2. The molecule has 158 valence electrons. The molecule has 2 aromatic rings. The zero-order valence-corrected chi connectivity index (χ0v) is 17.8. The number of fused-ring (bicyclic) bond motifs is 1. The first-order chi connectivity index (χ1) is 14.4. The molecule has 2 aromatic carbocycles. The summed E-state index contributed by atoms with van der Waals surface area (Å²) in [7, 11) is -3.51. The number of anilines is 1. The lowest BCUT2D eigenvalue weighted by atomic mass is 9.94. The predicted molar refractivity (Wildman–Crippen MR) is 117 cm³/mol. The summed E-state index contributed by atoms with van der Waals surface area (Å²) in [4.78, 5) is 14.9. The third-order valence-corrected chi connectivity index (χ3v) is 7.43. The molecule has 1 atom stereocenters. The molecule has 0 saturated carbocycles. The largest absolute Gasteiger partial charge is 0.379 e. The minimum atomic E-state index is -3.51. The average molecular weight is 427 g/mol. The first-order valence-electron chi connectivity index (χ1n) is 10.2. The fraction of sp³-hybridized carbons (Fsp3) is 0.348. The van der Waals surface area contributed by atoms with Crippen LogP contribution in [0.5, 0.6) is 0 Å². The van der Waals surface area contributed by atoms with Crippen LogP contribution in [-0.4, -0.2) is 51.5 Å². The number of morpholine rings is 1. The van der Waals surface area contributed by atoms with E-state index in [1.165, 1.54) is 9.87 Å². The van der Waals surface area contributed by atoms with Gasteiger partial charge in [0.25, 0.3) is 5.91 Å². The number of ether oxygens (including phenoxy) is 1. The summed E-state index contributed by atoms with van der Waals surface area (Å²) < 4.78 is 32.1. The molecule has 1 unspecified atom stereocenters. The van der Waals surface area contributed by atoms with Crippen molar-refractivity contribution in [2.24, 2.45) is 5.92 Å². The quantitative estimate of drug-likeness (QED) is 0.705. The van der Waals surface area contributed by atoms with Crippen molar-refractivity contribution in [2.45, 2.75) is 18.2 Å². The van der Waals surface area contributed by atoms with Gasteiger partial charge in [-0.05, 0) is 47.7 Å². The van der Waals surface area contributed by atoms with Crippen LogP contribution in [0.15, 0.2) is 59.5 Å². The molecule has 0 spiro atoms. The standard InChI is InChI=1S/C23H26N2O4S/c1-18-16-20-4-2-3-5-22(20)25(17-18)23(26)11-8-19-6-9-21(10-7-19)30(27,28)24-12-14-29-15-13-24/h2-11,18H,12-17H2,1H3/b11-8+. The van der Waals surface area contributed by atoms with Crippen LogP contribution in [0.4, 0.5) is 5.69 Å². The Kier molecular flexibility index (Phi) is 6.04. The van der Waals surface area contributed by atoms with E-state index in [1.54, 1.807) is 36.4 Å². The topological polar surface area (TPSA) is 66.9 Å². The van der Waals surface area contributed by atoms with Gasteiger partial charge >= 0.3 is 0 Å². The van der Waals surface area contributed by atoms with Crippen LogP contribution < -0.4 is 4.90 Å². The zero-order valence-electron chi connectivity index (χ0n) is 17.0. The Labute approximate surface area is 177 Å². The lowest BCUT2D eigenvalue weighted by Crippen LogP contribution is -2.40. The highest BCUT2D eigenvalue weighted by Gasteiger charge is 2.26. The highest BCUT2D eigenvalue weighted by atomic mass is 32.2. The second kappa shape index (κ2) is 8.71. The summed E-state index contributed by atoms with van der Waals surface area (Å²) >= 11 is 0. The van der Waals surface area contributed by atoms with E-state index in [9.17, 15) is 13.2 Å². The molecular weight excluding hydrogens is 400 g/mol. The SMILES string of the molecule is CC1Cc2ccccc2N(C(=O)/C=C/c2ccc(S(=O)(=O)N3CCOCC3)cc2)C1. The van der Waals surface area contributed by atoms with Gasteiger partial charge in [-0.2, -0.15) is 4.31 Å². The van der Waals surface area contributed by atoms with Gasteiger partial charge in [0.15, 0.2) is 0 Å². The lowest BCUT2D eigenvalue weighted by molar-refractivity contribution is -0.114. The van der Waals surface area contributed by atoms with Gasteiger partial charge in [-0.1, -0.05) is 37.3 Å². The molecule has 0 radical (unpaired) electrons. The number of hydrogen-bond acceptors (Lipinski definition) is 4. The number of rotatable bonds is 4. The summed E-state index contributed by atoms with van der Waals surface area (Å²) in [6.07, 6.45) is 4.26. The predicted octanol–water partition coefficient (Wildman–Crippen LogP) is 2.95. The Morgan fingerprint density at radius 2 is 1.77 bits per heavy atom. The van der Waals surface area contributed by atoms with Gasteiger partial charge < -0.3 is 9.64 Å². The number of amides is 1. The molecule has 1 saturated heterocycles. The molecule has 0 bridgehead atoms. The van der Waals surface area contributed by atoms with Gasteiger partial charge in [0, 0.05) is 31.4 Å².